The van der Waals surface area contributed by atoms with Crippen LogP contribution >= 0.6 is 0 Å². The Balaban J connectivity index is 2.20. The molecule has 5 heteroatoms. The van der Waals surface area contributed by atoms with Crippen molar-refractivity contribution in [2.75, 3.05) is 12.8 Å². The van der Waals surface area contributed by atoms with Crippen molar-refractivity contribution >= 4 is 20.9 Å². The normalized spacial score (nSPS) is 12.1. The predicted octanol–water partition coefficient (Wildman–Crippen LogP) is 1.27. The summed E-state index contributed by atoms with van der Waals surface area (Å²) >= 11 is 0. The molecule has 0 saturated carbocycles. The van der Waals surface area contributed by atoms with Crippen molar-refractivity contribution < 1.29 is 8.42 Å². The minimum Gasteiger partial charge on any atom is -0.351 e. The topological polar surface area (TPSA) is 51.1 Å². The summed E-state index contributed by atoms with van der Waals surface area (Å²) in [5, 5.41) is 1.15. The lowest BCUT2D eigenvalue weighted by atomic mass is 10.1. The van der Waals surface area contributed by atoms with E-state index in [4.69, 9.17) is 0 Å². The highest BCUT2D eigenvalue weighted by molar-refractivity contribution is 7.89. The summed E-state index contributed by atoms with van der Waals surface area (Å²) in [6.45, 7) is 0. The van der Waals surface area contributed by atoms with Gasteiger partial charge in [-0.15, -0.1) is 0 Å². The second kappa shape index (κ2) is 4.50. The fraction of sp³-hybridized carbons (Fsp3) is 0.333. The molecule has 0 saturated heterocycles. The molecule has 0 aliphatic rings. The SMILES string of the molecule is CNS(=O)(=O)CCc1ccc2c(ccn2C)c1. The molecule has 1 aromatic carbocycles. The maximum Gasteiger partial charge on any atom is 0.211 e. The minimum atomic E-state index is -3.12. The fourth-order valence-corrected chi connectivity index (χ4v) is 2.55. The first-order valence-electron chi connectivity index (χ1n) is 5.47. The summed E-state index contributed by atoms with van der Waals surface area (Å²) < 4.78 is 27.0. The number of aryl methyl sites for hydroxylation is 2. The lowest BCUT2D eigenvalue weighted by Crippen LogP contribution is -2.23. The van der Waals surface area contributed by atoms with Crippen molar-refractivity contribution in [2.24, 2.45) is 7.05 Å². The molecule has 1 aromatic heterocycles. The summed E-state index contributed by atoms with van der Waals surface area (Å²) in [5.41, 5.74) is 2.20. The van der Waals surface area contributed by atoms with Crippen LogP contribution in [0.3, 0.4) is 0 Å². The smallest absolute Gasteiger partial charge is 0.211 e. The van der Waals surface area contributed by atoms with Crippen LogP contribution < -0.4 is 4.72 Å². The maximum atomic E-state index is 11.3. The zero-order valence-electron chi connectivity index (χ0n) is 9.97. The van der Waals surface area contributed by atoms with Gasteiger partial charge in [0.2, 0.25) is 10.0 Å². The molecular formula is C12H16N2O2S. The predicted molar refractivity (Wildman–Crippen MR) is 69.5 cm³/mol. The van der Waals surface area contributed by atoms with Crippen molar-refractivity contribution in [3.05, 3.63) is 36.0 Å². The molecule has 92 valence electrons. The van der Waals surface area contributed by atoms with Crippen LogP contribution in [0.4, 0.5) is 0 Å². The first-order valence-corrected chi connectivity index (χ1v) is 7.12. The summed E-state index contributed by atoms with van der Waals surface area (Å²) in [6, 6.07) is 8.08. The van der Waals surface area contributed by atoms with E-state index in [0.29, 0.717) is 6.42 Å². The second-order valence-corrected chi connectivity index (χ2v) is 6.14. The molecular weight excluding hydrogens is 236 g/mol. The Hall–Kier alpha value is -1.33. The van der Waals surface area contributed by atoms with Crippen LogP contribution in [0.5, 0.6) is 0 Å². The molecule has 0 bridgehead atoms. The van der Waals surface area contributed by atoms with E-state index in [-0.39, 0.29) is 5.75 Å². The Bertz CT molecular complexity index is 629. The molecule has 0 unspecified atom stereocenters. The molecule has 2 rings (SSSR count). The van der Waals surface area contributed by atoms with Gasteiger partial charge in [-0.25, -0.2) is 13.1 Å². The Morgan fingerprint density at radius 1 is 1.29 bits per heavy atom. The monoisotopic (exact) mass is 252 g/mol. The van der Waals surface area contributed by atoms with Gasteiger partial charge in [0, 0.05) is 18.8 Å². The average Bonchev–Trinajstić information content (AvgIpc) is 2.68. The van der Waals surface area contributed by atoms with Gasteiger partial charge in [0.25, 0.3) is 0 Å². The Labute approximate surface area is 101 Å². The number of fused-ring (bicyclic) bond motifs is 1. The third kappa shape index (κ3) is 2.68. The lowest BCUT2D eigenvalue weighted by molar-refractivity contribution is 0.587. The highest BCUT2D eigenvalue weighted by Gasteiger charge is 2.07. The highest BCUT2D eigenvalue weighted by atomic mass is 32.2. The van der Waals surface area contributed by atoms with E-state index < -0.39 is 10.0 Å². The second-order valence-electron chi connectivity index (χ2n) is 4.09. The van der Waals surface area contributed by atoms with E-state index in [1.165, 1.54) is 7.05 Å². The molecule has 17 heavy (non-hydrogen) atoms. The Morgan fingerprint density at radius 2 is 2.06 bits per heavy atom. The Kier molecular flexibility index (Phi) is 3.22. The molecule has 0 aliphatic carbocycles. The average molecular weight is 252 g/mol. The third-order valence-electron chi connectivity index (χ3n) is 2.92. The standard InChI is InChI=1S/C12H16N2O2S/c1-13-17(15,16)8-6-10-3-4-12-11(9-10)5-7-14(12)2/h3-5,7,9,13H,6,8H2,1-2H3. The molecule has 0 atom stereocenters. The van der Waals surface area contributed by atoms with Crippen molar-refractivity contribution in [3.8, 4) is 0 Å². The number of hydrogen-bond donors (Lipinski definition) is 1. The first kappa shape index (κ1) is 12.1. The molecule has 0 amide bonds. The fourth-order valence-electron chi connectivity index (χ4n) is 1.84. The summed E-state index contributed by atoms with van der Waals surface area (Å²) in [6.07, 6.45) is 2.53. The molecule has 0 spiro atoms. The van der Waals surface area contributed by atoms with Crippen LogP contribution in [0, 0.1) is 0 Å². The van der Waals surface area contributed by atoms with E-state index in [1.807, 2.05) is 42.1 Å². The van der Waals surface area contributed by atoms with Crippen LogP contribution in [-0.4, -0.2) is 25.8 Å². The molecule has 4 nitrogen and oxygen atoms in total. The van der Waals surface area contributed by atoms with Crippen molar-refractivity contribution in [2.45, 2.75) is 6.42 Å². The van der Waals surface area contributed by atoms with E-state index in [1.54, 1.807) is 0 Å². The number of nitrogens with one attached hydrogen (secondary N) is 1. The van der Waals surface area contributed by atoms with Crippen LogP contribution in [-0.2, 0) is 23.5 Å². The quantitative estimate of drug-likeness (QED) is 0.891. The number of aromatic nitrogens is 1. The Morgan fingerprint density at radius 3 is 2.76 bits per heavy atom. The number of hydrogen-bond acceptors (Lipinski definition) is 2. The van der Waals surface area contributed by atoms with Gasteiger partial charge in [-0.05, 0) is 42.6 Å². The largest absolute Gasteiger partial charge is 0.351 e. The zero-order valence-corrected chi connectivity index (χ0v) is 10.8. The number of sulfonamides is 1. The first-order chi connectivity index (χ1) is 8.02. The molecule has 1 heterocycles. The minimum absolute atomic E-state index is 0.127. The molecule has 2 aromatic rings. The maximum absolute atomic E-state index is 11.3. The van der Waals surface area contributed by atoms with Gasteiger partial charge in [0.1, 0.15) is 0 Å². The summed E-state index contributed by atoms with van der Waals surface area (Å²) in [5.74, 6) is 0.127. The van der Waals surface area contributed by atoms with Crippen LogP contribution in [0.25, 0.3) is 10.9 Å². The van der Waals surface area contributed by atoms with Crippen LogP contribution in [0.15, 0.2) is 30.5 Å². The van der Waals surface area contributed by atoms with Crippen LogP contribution in [0.2, 0.25) is 0 Å². The molecule has 0 radical (unpaired) electrons. The van der Waals surface area contributed by atoms with Crippen LogP contribution in [0.1, 0.15) is 5.56 Å². The molecule has 0 aliphatic heterocycles. The van der Waals surface area contributed by atoms with Crippen molar-refractivity contribution in [1.29, 1.82) is 0 Å². The lowest BCUT2D eigenvalue weighted by Gasteiger charge is -2.03. The highest BCUT2D eigenvalue weighted by Crippen LogP contribution is 2.17. The molecule has 0 fully saturated rings. The van der Waals surface area contributed by atoms with Crippen molar-refractivity contribution in [1.82, 2.24) is 9.29 Å². The van der Waals surface area contributed by atoms with Gasteiger partial charge in [-0.2, -0.15) is 0 Å². The van der Waals surface area contributed by atoms with Gasteiger partial charge < -0.3 is 4.57 Å². The van der Waals surface area contributed by atoms with E-state index in [0.717, 1.165) is 16.5 Å². The number of nitrogens with zero attached hydrogens (tertiary/aromatic N) is 1. The molecule has 1 N–H and O–H groups in total. The van der Waals surface area contributed by atoms with Gasteiger partial charge in [0.15, 0.2) is 0 Å². The van der Waals surface area contributed by atoms with E-state index in [2.05, 4.69) is 4.72 Å². The van der Waals surface area contributed by atoms with E-state index >= 15 is 0 Å². The van der Waals surface area contributed by atoms with Gasteiger partial charge >= 0.3 is 0 Å². The summed E-state index contributed by atoms with van der Waals surface area (Å²) in [7, 11) is 0.313. The van der Waals surface area contributed by atoms with Crippen molar-refractivity contribution in [3.63, 3.8) is 0 Å². The van der Waals surface area contributed by atoms with E-state index in [9.17, 15) is 8.42 Å². The van der Waals surface area contributed by atoms with Gasteiger partial charge in [-0.1, -0.05) is 6.07 Å². The third-order valence-corrected chi connectivity index (χ3v) is 4.28. The van der Waals surface area contributed by atoms with Gasteiger partial charge in [-0.3, -0.25) is 0 Å². The van der Waals surface area contributed by atoms with Gasteiger partial charge in [0.05, 0.1) is 5.75 Å². The zero-order chi connectivity index (χ0) is 12.5. The number of benzene rings is 1. The summed E-state index contributed by atoms with van der Waals surface area (Å²) in [4.78, 5) is 0. The number of rotatable bonds is 4.